The third-order valence-corrected chi connectivity index (χ3v) is 1.29. The molecule has 4 heteroatoms. The second-order valence-electron chi connectivity index (χ2n) is 1.79. The molecule has 0 aliphatic heterocycles. The SMILES string of the molecule is Cc1cc(N)c(=S)[nH]n1. The Morgan fingerprint density at radius 3 is 2.89 bits per heavy atom. The van der Waals surface area contributed by atoms with Gasteiger partial charge in [-0.25, -0.2) is 0 Å². The highest BCUT2D eigenvalue weighted by molar-refractivity contribution is 7.71. The third-order valence-electron chi connectivity index (χ3n) is 0.960. The van der Waals surface area contributed by atoms with E-state index in [-0.39, 0.29) is 0 Å². The maximum atomic E-state index is 5.45. The summed E-state index contributed by atoms with van der Waals surface area (Å²) in [5.41, 5.74) is 6.87. The van der Waals surface area contributed by atoms with Crippen LogP contribution in [0.4, 0.5) is 5.69 Å². The quantitative estimate of drug-likeness (QED) is 0.530. The Morgan fingerprint density at radius 2 is 2.44 bits per heavy atom. The van der Waals surface area contributed by atoms with Gasteiger partial charge in [-0.1, -0.05) is 12.2 Å². The van der Waals surface area contributed by atoms with Crippen LogP contribution in [0.2, 0.25) is 0 Å². The molecule has 1 heterocycles. The Hall–Kier alpha value is -0.900. The van der Waals surface area contributed by atoms with Gasteiger partial charge in [0.1, 0.15) is 4.64 Å². The molecule has 1 aromatic heterocycles. The minimum atomic E-state index is 0.501. The zero-order valence-electron chi connectivity index (χ0n) is 5.01. The molecule has 0 atom stereocenters. The molecule has 0 aliphatic carbocycles. The van der Waals surface area contributed by atoms with Gasteiger partial charge in [-0.3, -0.25) is 5.10 Å². The Kier molecular flexibility index (Phi) is 1.48. The fourth-order valence-electron chi connectivity index (χ4n) is 0.526. The summed E-state index contributed by atoms with van der Waals surface area (Å²) in [4.78, 5) is 0. The molecule has 0 aromatic carbocycles. The van der Waals surface area contributed by atoms with Crippen molar-refractivity contribution in [2.75, 3.05) is 5.73 Å². The van der Waals surface area contributed by atoms with Crippen molar-refractivity contribution in [3.8, 4) is 0 Å². The van der Waals surface area contributed by atoms with Gasteiger partial charge < -0.3 is 5.73 Å². The molecular formula is C5H7N3S. The topological polar surface area (TPSA) is 54.7 Å². The normalized spacial score (nSPS) is 9.44. The van der Waals surface area contributed by atoms with E-state index in [1.807, 2.05) is 6.92 Å². The molecule has 0 radical (unpaired) electrons. The Balaban J connectivity index is 3.34. The molecule has 0 unspecified atom stereocenters. The van der Waals surface area contributed by atoms with Crippen LogP contribution in [0.15, 0.2) is 6.07 Å². The van der Waals surface area contributed by atoms with Gasteiger partial charge in [0, 0.05) is 0 Å². The fourth-order valence-corrected chi connectivity index (χ4v) is 0.631. The predicted octanol–water partition coefficient (Wildman–Crippen LogP) is 1.03. The molecule has 48 valence electrons. The lowest BCUT2D eigenvalue weighted by atomic mass is 10.4. The number of nitrogens with one attached hydrogen (secondary N) is 1. The van der Waals surface area contributed by atoms with Gasteiger partial charge in [0.25, 0.3) is 0 Å². The maximum absolute atomic E-state index is 5.45. The number of nitrogens with zero attached hydrogens (tertiary/aromatic N) is 1. The number of rotatable bonds is 0. The fraction of sp³-hybridized carbons (Fsp3) is 0.200. The lowest BCUT2D eigenvalue weighted by Crippen LogP contribution is -1.92. The number of nitrogens with two attached hydrogens (primary N) is 1. The number of aryl methyl sites for hydroxylation is 1. The molecule has 0 fully saturated rings. The highest BCUT2D eigenvalue weighted by Gasteiger charge is 1.88. The summed E-state index contributed by atoms with van der Waals surface area (Å²) in [6.07, 6.45) is 0. The first-order chi connectivity index (χ1) is 4.20. The maximum Gasteiger partial charge on any atom is 0.142 e. The van der Waals surface area contributed by atoms with E-state index in [2.05, 4.69) is 10.2 Å². The van der Waals surface area contributed by atoms with Crippen molar-refractivity contribution in [1.29, 1.82) is 0 Å². The van der Waals surface area contributed by atoms with Crippen LogP contribution in [0.1, 0.15) is 5.69 Å². The van der Waals surface area contributed by atoms with Gasteiger partial charge in [-0.05, 0) is 13.0 Å². The third kappa shape index (κ3) is 1.26. The Bertz CT molecular complexity index is 265. The number of H-pyrrole nitrogens is 1. The van der Waals surface area contributed by atoms with E-state index in [4.69, 9.17) is 18.0 Å². The van der Waals surface area contributed by atoms with E-state index >= 15 is 0 Å². The highest BCUT2D eigenvalue weighted by atomic mass is 32.1. The Morgan fingerprint density at radius 1 is 1.78 bits per heavy atom. The first-order valence-corrected chi connectivity index (χ1v) is 2.93. The van der Waals surface area contributed by atoms with Crippen molar-refractivity contribution in [1.82, 2.24) is 10.2 Å². The van der Waals surface area contributed by atoms with Crippen LogP contribution < -0.4 is 5.73 Å². The predicted molar refractivity (Wildman–Crippen MR) is 38.6 cm³/mol. The van der Waals surface area contributed by atoms with Crippen molar-refractivity contribution < 1.29 is 0 Å². The molecule has 9 heavy (non-hydrogen) atoms. The van der Waals surface area contributed by atoms with Gasteiger partial charge in [-0.2, -0.15) is 5.10 Å². The van der Waals surface area contributed by atoms with Crippen LogP contribution in [0.3, 0.4) is 0 Å². The molecule has 3 nitrogen and oxygen atoms in total. The van der Waals surface area contributed by atoms with Crippen molar-refractivity contribution in [3.05, 3.63) is 16.4 Å². The summed E-state index contributed by atoms with van der Waals surface area (Å²) in [6, 6.07) is 1.73. The minimum absolute atomic E-state index is 0.501. The zero-order chi connectivity index (χ0) is 6.85. The van der Waals surface area contributed by atoms with Gasteiger partial charge in [-0.15, -0.1) is 0 Å². The molecule has 0 amide bonds. The van der Waals surface area contributed by atoms with Gasteiger partial charge in [0.05, 0.1) is 11.4 Å². The number of aromatic nitrogens is 2. The number of nitrogen functional groups attached to an aromatic ring is 1. The molecule has 0 saturated heterocycles. The van der Waals surface area contributed by atoms with Gasteiger partial charge in [0.2, 0.25) is 0 Å². The van der Waals surface area contributed by atoms with Crippen molar-refractivity contribution in [2.24, 2.45) is 0 Å². The van der Waals surface area contributed by atoms with Crippen molar-refractivity contribution in [2.45, 2.75) is 6.92 Å². The monoisotopic (exact) mass is 141 g/mol. The largest absolute Gasteiger partial charge is 0.396 e. The van der Waals surface area contributed by atoms with Crippen LogP contribution in [-0.4, -0.2) is 10.2 Å². The molecule has 0 spiro atoms. The summed E-state index contributed by atoms with van der Waals surface area (Å²) < 4.78 is 0.501. The molecule has 1 rings (SSSR count). The molecule has 1 aromatic rings. The summed E-state index contributed by atoms with van der Waals surface area (Å²) in [5, 5.41) is 6.44. The minimum Gasteiger partial charge on any atom is -0.396 e. The molecule has 0 aliphatic rings. The number of aromatic amines is 1. The average molecular weight is 141 g/mol. The smallest absolute Gasteiger partial charge is 0.142 e. The lowest BCUT2D eigenvalue weighted by molar-refractivity contribution is 0.972. The molecular weight excluding hydrogens is 134 g/mol. The van der Waals surface area contributed by atoms with E-state index in [0.29, 0.717) is 10.3 Å². The summed E-state index contributed by atoms with van der Waals surface area (Å²) in [7, 11) is 0. The average Bonchev–Trinajstić information content (AvgIpc) is 1.80. The van der Waals surface area contributed by atoms with Crippen LogP contribution >= 0.6 is 12.2 Å². The van der Waals surface area contributed by atoms with Crippen LogP contribution in [-0.2, 0) is 0 Å². The Labute approximate surface area is 57.9 Å². The van der Waals surface area contributed by atoms with Crippen LogP contribution in [0, 0.1) is 11.6 Å². The van der Waals surface area contributed by atoms with E-state index in [1.165, 1.54) is 0 Å². The van der Waals surface area contributed by atoms with Crippen molar-refractivity contribution >= 4 is 17.9 Å². The number of hydrogen-bond acceptors (Lipinski definition) is 3. The lowest BCUT2D eigenvalue weighted by Gasteiger charge is -1.92. The van der Waals surface area contributed by atoms with Crippen molar-refractivity contribution in [3.63, 3.8) is 0 Å². The van der Waals surface area contributed by atoms with E-state index in [9.17, 15) is 0 Å². The summed E-state index contributed by atoms with van der Waals surface area (Å²) >= 11 is 4.77. The second kappa shape index (κ2) is 2.14. The molecule has 0 saturated carbocycles. The molecule has 0 bridgehead atoms. The van der Waals surface area contributed by atoms with Gasteiger partial charge in [0.15, 0.2) is 0 Å². The second-order valence-corrected chi connectivity index (χ2v) is 2.20. The van der Waals surface area contributed by atoms with Crippen LogP contribution in [0.5, 0.6) is 0 Å². The zero-order valence-corrected chi connectivity index (χ0v) is 5.83. The van der Waals surface area contributed by atoms with E-state index in [1.54, 1.807) is 6.07 Å². The number of anilines is 1. The summed E-state index contributed by atoms with van der Waals surface area (Å²) in [6.45, 7) is 1.85. The van der Waals surface area contributed by atoms with Gasteiger partial charge >= 0.3 is 0 Å². The molecule has 3 N–H and O–H groups in total. The first kappa shape index (κ1) is 6.22. The standard InChI is InChI=1S/C5H7N3S/c1-3-2-4(6)5(9)8-7-3/h2H,1H3,(H2,6,7)(H,8,9). The highest BCUT2D eigenvalue weighted by Crippen LogP contribution is 2.00. The first-order valence-electron chi connectivity index (χ1n) is 2.52. The van der Waals surface area contributed by atoms with Crippen LogP contribution in [0.25, 0.3) is 0 Å². The van der Waals surface area contributed by atoms with E-state index < -0.39 is 0 Å². The number of hydrogen-bond donors (Lipinski definition) is 2. The summed E-state index contributed by atoms with van der Waals surface area (Å²) in [5.74, 6) is 0. The van der Waals surface area contributed by atoms with E-state index in [0.717, 1.165) is 5.69 Å².